The molecule has 2 aromatic carbocycles. The Morgan fingerprint density at radius 3 is 2.55 bits per heavy atom. The first-order chi connectivity index (χ1) is 15.1. The van der Waals surface area contributed by atoms with Crippen LogP contribution < -0.4 is 19.7 Å². The Morgan fingerprint density at radius 2 is 1.90 bits per heavy atom. The van der Waals surface area contributed by atoms with E-state index in [1.807, 2.05) is 35.2 Å². The summed E-state index contributed by atoms with van der Waals surface area (Å²) >= 11 is 0. The summed E-state index contributed by atoms with van der Waals surface area (Å²) < 4.78 is 10.8. The lowest BCUT2D eigenvalue weighted by Crippen LogP contribution is -2.44. The minimum Gasteiger partial charge on any atom is -0.454 e. The van der Waals surface area contributed by atoms with Gasteiger partial charge < -0.3 is 19.7 Å². The third kappa shape index (κ3) is 4.33. The van der Waals surface area contributed by atoms with Gasteiger partial charge in [0, 0.05) is 18.3 Å². The standard InChI is InChI=1S/C23H25N3O5/c1-2-12-25(17-10-4-3-5-11-17)22(23(27)24-16-8-6-7-9-16)18-13-20-21(31-15-30-20)14-19(18)26(28)29/h2-5,10-11,13-14,16,22H,1,6-9,12,15H2,(H,24,27)/t22-/m0/s1. The van der Waals surface area contributed by atoms with E-state index in [-0.39, 0.29) is 30.0 Å². The summed E-state index contributed by atoms with van der Waals surface area (Å²) in [5.74, 6) is 0.422. The number of carbonyl (C=O) groups is 1. The quantitative estimate of drug-likeness (QED) is 0.390. The Labute approximate surface area is 180 Å². The molecule has 162 valence electrons. The fourth-order valence-corrected chi connectivity index (χ4v) is 4.24. The minimum atomic E-state index is -0.934. The maximum Gasteiger partial charge on any atom is 0.279 e. The second kappa shape index (κ2) is 9.07. The average molecular weight is 423 g/mol. The van der Waals surface area contributed by atoms with E-state index in [1.165, 1.54) is 6.07 Å². The number of nitrogens with zero attached hydrogens (tertiary/aromatic N) is 2. The molecule has 0 unspecified atom stereocenters. The van der Waals surface area contributed by atoms with Crippen LogP contribution in [-0.4, -0.2) is 30.2 Å². The second-order valence-corrected chi connectivity index (χ2v) is 7.69. The van der Waals surface area contributed by atoms with Crippen molar-refractivity contribution in [2.45, 2.75) is 37.8 Å². The topological polar surface area (TPSA) is 93.9 Å². The van der Waals surface area contributed by atoms with Crippen molar-refractivity contribution in [2.75, 3.05) is 18.2 Å². The van der Waals surface area contributed by atoms with Gasteiger partial charge in [0.1, 0.15) is 6.04 Å². The summed E-state index contributed by atoms with van der Waals surface area (Å²) in [4.78, 5) is 26.9. The van der Waals surface area contributed by atoms with Crippen molar-refractivity contribution in [3.8, 4) is 11.5 Å². The molecule has 31 heavy (non-hydrogen) atoms. The molecule has 4 rings (SSSR count). The van der Waals surface area contributed by atoms with Gasteiger partial charge in [-0.2, -0.15) is 0 Å². The lowest BCUT2D eigenvalue weighted by atomic mass is 9.99. The van der Waals surface area contributed by atoms with Crippen LogP contribution >= 0.6 is 0 Å². The Balaban J connectivity index is 1.82. The van der Waals surface area contributed by atoms with Crippen LogP contribution in [0.5, 0.6) is 11.5 Å². The van der Waals surface area contributed by atoms with E-state index in [0.29, 0.717) is 18.0 Å². The zero-order valence-electron chi connectivity index (χ0n) is 17.2. The van der Waals surface area contributed by atoms with E-state index >= 15 is 0 Å². The maximum atomic E-state index is 13.6. The number of carbonyl (C=O) groups excluding carboxylic acids is 1. The smallest absolute Gasteiger partial charge is 0.279 e. The summed E-state index contributed by atoms with van der Waals surface area (Å²) in [5, 5.41) is 15.1. The molecule has 2 aliphatic rings. The van der Waals surface area contributed by atoms with Crippen LogP contribution in [0.2, 0.25) is 0 Å². The number of amides is 1. The van der Waals surface area contributed by atoms with E-state index in [4.69, 9.17) is 9.47 Å². The van der Waals surface area contributed by atoms with Gasteiger partial charge in [-0.15, -0.1) is 6.58 Å². The highest BCUT2D eigenvalue weighted by atomic mass is 16.7. The molecule has 1 aliphatic carbocycles. The van der Waals surface area contributed by atoms with Crippen molar-refractivity contribution in [1.82, 2.24) is 5.32 Å². The van der Waals surface area contributed by atoms with Gasteiger partial charge in [0.05, 0.1) is 16.6 Å². The zero-order chi connectivity index (χ0) is 21.8. The van der Waals surface area contributed by atoms with Crippen LogP contribution in [0.3, 0.4) is 0 Å². The highest BCUT2D eigenvalue weighted by Gasteiger charge is 2.37. The van der Waals surface area contributed by atoms with Gasteiger partial charge in [-0.05, 0) is 31.0 Å². The van der Waals surface area contributed by atoms with Crippen molar-refractivity contribution in [3.63, 3.8) is 0 Å². The summed E-state index contributed by atoms with van der Waals surface area (Å²) in [6, 6.07) is 11.4. The molecule has 8 nitrogen and oxygen atoms in total. The van der Waals surface area contributed by atoms with Gasteiger partial charge in [-0.3, -0.25) is 14.9 Å². The first-order valence-corrected chi connectivity index (χ1v) is 10.4. The molecule has 8 heteroatoms. The normalized spacial score (nSPS) is 16.0. The SMILES string of the molecule is C=CCN(c1ccccc1)[C@H](C(=O)NC1CCCC1)c1cc2c(cc1[N+](=O)[O-])OCO2. The van der Waals surface area contributed by atoms with Crippen molar-refractivity contribution in [1.29, 1.82) is 0 Å². The summed E-state index contributed by atoms with van der Waals surface area (Å²) in [5.41, 5.74) is 0.845. The molecule has 0 aromatic heterocycles. The number of para-hydroxylation sites is 1. The number of ether oxygens (including phenoxy) is 2. The number of benzene rings is 2. The van der Waals surface area contributed by atoms with E-state index in [0.717, 1.165) is 31.4 Å². The molecule has 1 amide bonds. The van der Waals surface area contributed by atoms with Gasteiger partial charge in [0.2, 0.25) is 12.7 Å². The number of nitro groups is 1. The predicted octanol–water partition coefficient (Wildman–Crippen LogP) is 4.12. The molecule has 0 radical (unpaired) electrons. The first kappa shape index (κ1) is 20.7. The van der Waals surface area contributed by atoms with Crippen molar-refractivity contribution < 1.29 is 19.2 Å². The van der Waals surface area contributed by atoms with Gasteiger partial charge in [0.15, 0.2) is 11.5 Å². The minimum absolute atomic E-state index is 0.00998. The first-order valence-electron chi connectivity index (χ1n) is 10.4. The summed E-state index contributed by atoms with van der Waals surface area (Å²) in [7, 11) is 0. The molecule has 1 N–H and O–H groups in total. The number of anilines is 1. The van der Waals surface area contributed by atoms with Crippen LogP contribution in [0, 0.1) is 10.1 Å². The Kier molecular flexibility index (Phi) is 6.06. The number of hydrogen-bond donors (Lipinski definition) is 1. The monoisotopic (exact) mass is 423 g/mol. The molecule has 1 atom stereocenters. The van der Waals surface area contributed by atoms with Gasteiger partial charge in [-0.1, -0.05) is 37.1 Å². The molecule has 1 saturated carbocycles. The zero-order valence-corrected chi connectivity index (χ0v) is 17.2. The van der Waals surface area contributed by atoms with Crippen LogP contribution in [0.15, 0.2) is 55.1 Å². The number of nitro benzene ring substituents is 1. The van der Waals surface area contributed by atoms with Gasteiger partial charge in [0.25, 0.3) is 5.69 Å². The van der Waals surface area contributed by atoms with E-state index in [1.54, 1.807) is 12.1 Å². The number of rotatable bonds is 8. The van der Waals surface area contributed by atoms with Gasteiger partial charge >= 0.3 is 0 Å². The Bertz CT molecular complexity index is 973. The lowest BCUT2D eigenvalue weighted by molar-refractivity contribution is -0.385. The highest BCUT2D eigenvalue weighted by molar-refractivity contribution is 5.88. The third-order valence-electron chi connectivity index (χ3n) is 5.69. The summed E-state index contributed by atoms with van der Waals surface area (Å²) in [6.45, 7) is 4.15. The van der Waals surface area contributed by atoms with E-state index < -0.39 is 11.0 Å². The molecule has 0 bridgehead atoms. The summed E-state index contributed by atoms with van der Waals surface area (Å²) in [6.07, 6.45) is 5.63. The van der Waals surface area contributed by atoms with Crippen molar-refractivity contribution in [3.05, 3.63) is 70.8 Å². The molecule has 2 aromatic rings. The molecule has 1 aliphatic heterocycles. The van der Waals surface area contributed by atoms with Crippen molar-refractivity contribution in [2.24, 2.45) is 0 Å². The highest BCUT2D eigenvalue weighted by Crippen LogP contribution is 2.42. The Hall–Kier alpha value is -3.55. The molecule has 0 saturated heterocycles. The molecular weight excluding hydrogens is 398 g/mol. The fourth-order valence-electron chi connectivity index (χ4n) is 4.24. The Morgan fingerprint density at radius 1 is 1.23 bits per heavy atom. The number of hydrogen-bond acceptors (Lipinski definition) is 6. The number of fused-ring (bicyclic) bond motifs is 1. The second-order valence-electron chi connectivity index (χ2n) is 7.69. The van der Waals surface area contributed by atoms with Crippen LogP contribution in [-0.2, 0) is 4.79 Å². The fraction of sp³-hybridized carbons (Fsp3) is 0.348. The molecule has 0 spiro atoms. The molecular formula is C23H25N3O5. The third-order valence-corrected chi connectivity index (χ3v) is 5.69. The lowest BCUT2D eigenvalue weighted by Gasteiger charge is -2.33. The molecule has 1 fully saturated rings. The van der Waals surface area contributed by atoms with Crippen molar-refractivity contribution >= 4 is 17.3 Å². The predicted molar refractivity (Wildman–Crippen MR) is 116 cm³/mol. The largest absolute Gasteiger partial charge is 0.454 e. The van der Waals surface area contributed by atoms with E-state index in [9.17, 15) is 14.9 Å². The number of nitrogens with one attached hydrogen (secondary N) is 1. The van der Waals surface area contributed by atoms with Gasteiger partial charge in [-0.25, -0.2) is 0 Å². The van der Waals surface area contributed by atoms with Crippen LogP contribution in [0.1, 0.15) is 37.3 Å². The van der Waals surface area contributed by atoms with Crippen LogP contribution in [0.25, 0.3) is 0 Å². The van der Waals surface area contributed by atoms with E-state index in [2.05, 4.69) is 11.9 Å². The average Bonchev–Trinajstić information content (AvgIpc) is 3.44. The maximum absolute atomic E-state index is 13.6. The van der Waals surface area contributed by atoms with Crippen LogP contribution in [0.4, 0.5) is 11.4 Å². The molecule has 1 heterocycles.